The van der Waals surface area contributed by atoms with Crippen molar-refractivity contribution in [2.45, 2.75) is 63.5 Å². The number of rotatable bonds is 3. The van der Waals surface area contributed by atoms with Crippen LogP contribution in [0.15, 0.2) is 0 Å². The minimum atomic E-state index is 0.281. The van der Waals surface area contributed by atoms with E-state index in [1.807, 2.05) is 0 Å². The van der Waals surface area contributed by atoms with Crippen molar-refractivity contribution in [2.24, 2.45) is 0 Å². The van der Waals surface area contributed by atoms with Gasteiger partial charge in [0.2, 0.25) is 0 Å². The normalized spacial score (nSPS) is 31.1. The fourth-order valence-electron chi connectivity index (χ4n) is 2.92. The Labute approximate surface area is 87.4 Å². The number of nitrogens with one attached hydrogen (secondary N) is 1. The van der Waals surface area contributed by atoms with Gasteiger partial charge in [0.1, 0.15) is 0 Å². The summed E-state index contributed by atoms with van der Waals surface area (Å²) >= 11 is 0. The maximum absolute atomic E-state index is 6.00. The van der Waals surface area contributed by atoms with Gasteiger partial charge < -0.3 is 10.1 Å². The number of hydrogen-bond donors (Lipinski definition) is 1. The molecule has 1 aliphatic heterocycles. The minimum Gasteiger partial charge on any atom is -0.375 e. The molecule has 1 atom stereocenters. The van der Waals surface area contributed by atoms with E-state index in [2.05, 4.69) is 12.2 Å². The zero-order valence-electron chi connectivity index (χ0n) is 9.35. The van der Waals surface area contributed by atoms with E-state index in [1.54, 1.807) is 0 Å². The predicted molar refractivity (Wildman–Crippen MR) is 58.5 cm³/mol. The van der Waals surface area contributed by atoms with E-state index < -0.39 is 0 Å². The lowest BCUT2D eigenvalue weighted by Crippen LogP contribution is -2.45. The second-order valence-electron chi connectivity index (χ2n) is 4.88. The molecule has 1 aliphatic carbocycles. The van der Waals surface area contributed by atoms with Crippen molar-refractivity contribution in [3.63, 3.8) is 0 Å². The molecule has 82 valence electrons. The first-order valence-electron chi connectivity index (χ1n) is 6.22. The monoisotopic (exact) mass is 197 g/mol. The third-order valence-corrected chi connectivity index (χ3v) is 3.69. The second-order valence-corrected chi connectivity index (χ2v) is 4.88. The number of ether oxygens (including phenoxy) is 1. The van der Waals surface area contributed by atoms with Crippen molar-refractivity contribution in [1.82, 2.24) is 5.32 Å². The van der Waals surface area contributed by atoms with Crippen LogP contribution in [0.2, 0.25) is 0 Å². The molecular weight excluding hydrogens is 174 g/mol. The Morgan fingerprint density at radius 3 is 2.86 bits per heavy atom. The fourth-order valence-corrected chi connectivity index (χ4v) is 2.92. The van der Waals surface area contributed by atoms with Gasteiger partial charge in [-0.25, -0.2) is 0 Å². The molecule has 2 fully saturated rings. The maximum atomic E-state index is 6.00. The van der Waals surface area contributed by atoms with Crippen molar-refractivity contribution in [2.75, 3.05) is 13.2 Å². The molecule has 2 aliphatic rings. The summed E-state index contributed by atoms with van der Waals surface area (Å²) in [4.78, 5) is 0. The van der Waals surface area contributed by atoms with E-state index in [9.17, 15) is 0 Å². The van der Waals surface area contributed by atoms with Crippen molar-refractivity contribution in [1.29, 1.82) is 0 Å². The fraction of sp³-hybridized carbons (Fsp3) is 1.00. The Balaban J connectivity index is 1.83. The molecule has 0 aromatic carbocycles. The Morgan fingerprint density at radius 2 is 2.14 bits per heavy atom. The highest BCUT2D eigenvalue weighted by Gasteiger charge is 2.39. The van der Waals surface area contributed by atoms with Gasteiger partial charge in [0.05, 0.1) is 5.60 Å². The molecule has 1 N–H and O–H groups in total. The van der Waals surface area contributed by atoms with E-state index >= 15 is 0 Å². The van der Waals surface area contributed by atoms with Gasteiger partial charge in [-0.15, -0.1) is 0 Å². The standard InChI is InChI=1S/C12H23NO/c1-2-8-13-11-5-9-14-12(10-11)6-3-4-7-12/h11,13H,2-10H2,1H3. The van der Waals surface area contributed by atoms with Crippen LogP contribution in [0.3, 0.4) is 0 Å². The molecule has 2 heteroatoms. The largest absolute Gasteiger partial charge is 0.375 e. The smallest absolute Gasteiger partial charge is 0.0697 e. The Bertz CT molecular complexity index is 175. The molecule has 0 bridgehead atoms. The molecule has 1 unspecified atom stereocenters. The van der Waals surface area contributed by atoms with Gasteiger partial charge in [0.25, 0.3) is 0 Å². The first-order chi connectivity index (χ1) is 6.85. The lowest BCUT2D eigenvalue weighted by Gasteiger charge is -2.38. The number of hydrogen-bond acceptors (Lipinski definition) is 2. The predicted octanol–water partition coefficient (Wildman–Crippen LogP) is 2.48. The van der Waals surface area contributed by atoms with E-state index in [0.717, 1.165) is 12.6 Å². The molecule has 1 saturated heterocycles. The molecule has 14 heavy (non-hydrogen) atoms. The van der Waals surface area contributed by atoms with Crippen LogP contribution < -0.4 is 5.32 Å². The van der Waals surface area contributed by atoms with E-state index in [-0.39, 0.29) is 5.60 Å². The van der Waals surface area contributed by atoms with E-state index in [4.69, 9.17) is 4.74 Å². The van der Waals surface area contributed by atoms with Crippen LogP contribution in [0.25, 0.3) is 0 Å². The van der Waals surface area contributed by atoms with E-state index in [0.29, 0.717) is 0 Å². The van der Waals surface area contributed by atoms with E-state index in [1.165, 1.54) is 51.5 Å². The molecule has 1 spiro atoms. The van der Waals surface area contributed by atoms with Crippen molar-refractivity contribution < 1.29 is 4.74 Å². The lowest BCUT2D eigenvalue weighted by atomic mass is 9.89. The van der Waals surface area contributed by atoms with Gasteiger partial charge in [0, 0.05) is 12.6 Å². The Hall–Kier alpha value is -0.0800. The molecule has 0 aromatic heterocycles. The second kappa shape index (κ2) is 4.63. The molecule has 1 heterocycles. The summed E-state index contributed by atoms with van der Waals surface area (Å²) in [6, 6.07) is 0.724. The van der Waals surface area contributed by atoms with Crippen LogP contribution in [-0.2, 0) is 4.74 Å². The average molecular weight is 197 g/mol. The molecule has 1 saturated carbocycles. The lowest BCUT2D eigenvalue weighted by molar-refractivity contribution is -0.0835. The van der Waals surface area contributed by atoms with Crippen LogP contribution in [-0.4, -0.2) is 24.8 Å². The first kappa shape index (κ1) is 10.4. The Kier molecular flexibility index (Phi) is 3.45. The average Bonchev–Trinajstić information content (AvgIpc) is 2.63. The highest BCUT2D eigenvalue weighted by molar-refractivity contribution is 4.93. The summed E-state index contributed by atoms with van der Waals surface area (Å²) < 4.78 is 6.00. The SMILES string of the molecule is CCCNC1CCOC2(CCCC2)C1. The van der Waals surface area contributed by atoms with Crippen molar-refractivity contribution in [3.05, 3.63) is 0 Å². The quantitative estimate of drug-likeness (QED) is 0.750. The highest BCUT2D eigenvalue weighted by Crippen LogP contribution is 2.39. The van der Waals surface area contributed by atoms with Crippen molar-refractivity contribution in [3.8, 4) is 0 Å². The third kappa shape index (κ3) is 2.29. The minimum absolute atomic E-state index is 0.281. The topological polar surface area (TPSA) is 21.3 Å². The van der Waals surface area contributed by atoms with Gasteiger partial charge in [-0.1, -0.05) is 19.8 Å². The Morgan fingerprint density at radius 1 is 1.36 bits per heavy atom. The van der Waals surface area contributed by atoms with Gasteiger partial charge >= 0.3 is 0 Å². The third-order valence-electron chi connectivity index (χ3n) is 3.69. The summed E-state index contributed by atoms with van der Waals surface area (Å²) in [5, 5.41) is 3.64. The highest BCUT2D eigenvalue weighted by atomic mass is 16.5. The summed E-state index contributed by atoms with van der Waals surface area (Å²) in [5.41, 5.74) is 0.281. The molecule has 2 nitrogen and oxygen atoms in total. The molecule has 2 rings (SSSR count). The van der Waals surface area contributed by atoms with Crippen LogP contribution >= 0.6 is 0 Å². The van der Waals surface area contributed by atoms with Crippen LogP contribution in [0.5, 0.6) is 0 Å². The maximum Gasteiger partial charge on any atom is 0.0697 e. The van der Waals surface area contributed by atoms with Crippen LogP contribution in [0, 0.1) is 0 Å². The van der Waals surface area contributed by atoms with Gasteiger partial charge in [-0.2, -0.15) is 0 Å². The molecule has 0 aromatic rings. The molecular formula is C12H23NO. The summed E-state index contributed by atoms with van der Waals surface area (Å²) in [6.07, 6.45) is 9.06. The summed E-state index contributed by atoms with van der Waals surface area (Å²) in [7, 11) is 0. The van der Waals surface area contributed by atoms with Gasteiger partial charge in [-0.3, -0.25) is 0 Å². The van der Waals surface area contributed by atoms with Crippen LogP contribution in [0.4, 0.5) is 0 Å². The molecule has 0 amide bonds. The van der Waals surface area contributed by atoms with Gasteiger partial charge in [-0.05, 0) is 38.6 Å². The zero-order chi connectivity index (χ0) is 9.86. The first-order valence-corrected chi connectivity index (χ1v) is 6.22. The summed E-state index contributed by atoms with van der Waals surface area (Å²) in [6.45, 7) is 4.37. The molecule has 0 radical (unpaired) electrons. The van der Waals surface area contributed by atoms with Crippen LogP contribution in [0.1, 0.15) is 51.9 Å². The zero-order valence-corrected chi connectivity index (χ0v) is 9.35. The summed E-state index contributed by atoms with van der Waals surface area (Å²) in [5.74, 6) is 0. The van der Waals surface area contributed by atoms with Crippen molar-refractivity contribution >= 4 is 0 Å². The van der Waals surface area contributed by atoms with Gasteiger partial charge in [0.15, 0.2) is 0 Å².